The molecule has 3 rings (SSSR count). The normalized spacial score (nSPS) is 12.0. The average molecular weight is 339 g/mol. The van der Waals surface area contributed by atoms with Crippen molar-refractivity contribution >= 4 is 28.5 Å². The number of aromatic nitrogens is 2. The number of carbonyl (C=O) groups is 1. The Bertz CT molecular complexity index is 954. The van der Waals surface area contributed by atoms with E-state index < -0.39 is 0 Å². The zero-order valence-electron chi connectivity index (χ0n) is 13.0. The maximum Gasteiger partial charge on any atom is 0.220 e. The highest BCUT2D eigenvalue weighted by molar-refractivity contribution is 6.37. The van der Waals surface area contributed by atoms with E-state index in [1.807, 2.05) is 24.3 Å². The number of rotatable bonds is 4. The van der Waals surface area contributed by atoms with Gasteiger partial charge in [-0.2, -0.15) is 5.26 Å². The first-order chi connectivity index (χ1) is 11.5. The van der Waals surface area contributed by atoms with E-state index in [9.17, 15) is 4.79 Å². The minimum atomic E-state index is -0.361. The Labute approximate surface area is 144 Å². The Morgan fingerprint density at radius 1 is 1.33 bits per heavy atom. The van der Waals surface area contributed by atoms with Gasteiger partial charge in [-0.05, 0) is 23.8 Å². The van der Waals surface area contributed by atoms with Crippen LogP contribution in [0.15, 0.2) is 36.4 Å². The molecule has 1 heterocycles. The van der Waals surface area contributed by atoms with Gasteiger partial charge in [0.1, 0.15) is 11.3 Å². The van der Waals surface area contributed by atoms with Crippen LogP contribution in [-0.4, -0.2) is 15.9 Å². The lowest BCUT2D eigenvalue weighted by Gasteiger charge is -2.05. The fourth-order valence-electron chi connectivity index (χ4n) is 2.53. The summed E-state index contributed by atoms with van der Waals surface area (Å²) in [4.78, 5) is 18.9. The van der Waals surface area contributed by atoms with Gasteiger partial charge in [-0.3, -0.25) is 4.79 Å². The smallest absolute Gasteiger partial charge is 0.220 e. The Kier molecular flexibility index (Phi) is 4.24. The number of aromatic amines is 1. The molecule has 3 N–H and O–H groups in total. The largest absolute Gasteiger partial charge is 0.369 e. The molecule has 6 heteroatoms. The lowest BCUT2D eigenvalue weighted by molar-refractivity contribution is -0.121. The Balaban J connectivity index is 2.01. The van der Waals surface area contributed by atoms with Crippen LogP contribution >= 0.6 is 11.6 Å². The molecule has 0 spiro atoms. The molecule has 0 saturated heterocycles. The minimum absolute atomic E-state index is 0.303. The van der Waals surface area contributed by atoms with Crippen molar-refractivity contribution in [2.24, 2.45) is 11.7 Å². The molecule has 0 radical (unpaired) electrons. The summed E-state index contributed by atoms with van der Waals surface area (Å²) in [5.74, 6) is 0.0114. The number of amides is 1. The predicted octanol–water partition coefficient (Wildman–Crippen LogP) is 3.42. The zero-order chi connectivity index (χ0) is 17.3. The van der Waals surface area contributed by atoms with Crippen molar-refractivity contribution in [3.63, 3.8) is 0 Å². The molecule has 1 unspecified atom stereocenters. The summed E-state index contributed by atoms with van der Waals surface area (Å²) in [6.45, 7) is 1.76. The highest BCUT2D eigenvalue weighted by atomic mass is 35.5. The van der Waals surface area contributed by atoms with Crippen LogP contribution in [0.25, 0.3) is 22.2 Å². The van der Waals surface area contributed by atoms with E-state index in [0.717, 1.165) is 16.6 Å². The molecular weight excluding hydrogens is 324 g/mol. The molecule has 0 aliphatic heterocycles. The van der Waals surface area contributed by atoms with Gasteiger partial charge in [0.15, 0.2) is 0 Å². The number of fused-ring (bicyclic) bond motifs is 1. The Morgan fingerprint density at radius 3 is 2.67 bits per heavy atom. The van der Waals surface area contributed by atoms with Gasteiger partial charge >= 0.3 is 0 Å². The molecular formula is C18H15ClN4O. The molecule has 5 nitrogen and oxygen atoms in total. The van der Waals surface area contributed by atoms with Crippen molar-refractivity contribution in [1.82, 2.24) is 9.97 Å². The zero-order valence-corrected chi connectivity index (χ0v) is 13.8. The summed E-state index contributed by atoms with van der Waals surface area (Å²) in [5, 5.41) is 9.42. The van der Waals surface area contributed by atoms with E-state index >= 15 is 0 Å². The van der Waals surface area contributed by atoms with E-state index in [4.69, 9.17) is 22.6 Å². The highest BCUT2D eigenvalue weighted by Crippen LogP contribution is 2.33. The number of primary amides is 1. The fourth-order valence-corrected chi connectivity index (χ4v) is 2.84. The number of hydrogen-bond acceptors (Lipinski definition) is 3. The van der Waals surface area contributed by atoms with Gasteiger partial charge in [0.2, 0.25) is 5.91 Å². The molecule has 1 amide bonds. The van der Waals surface area contributed by atoms with E-state index in [-0.39, 0.29) is 11.8 Å². The number of nitrogens with one attached hydrogen (secondary N) is 1. The molecule has 0 aliphatic carbocycles. The van der Waals surface area contributed by atoms with Gasteiger partial charge < -0.3 is 10.7 Å². The van der Waals surface area contributed by atoms with Crippen LogP contribution in [0.2, 0.25) is 5.02 Å². The van der Waals surface area contributed by atoms with E-state index in [2.05, 4.69) is 16.0 Å². The van der Waals surface area contributed by atoms with E-state index in [1.54, 1.807) is 19.1 Å². The van der Waals surface area contributed by atoms with Crippen molar-refractivity contribution < 1.29 is 4.79 Å². The van der Waals surface area contributed by atoms with Crippen molar-refractivity contribution in [1.29, 1.82) is 5.26 Å². The van der Waals surface area contributed by atoms with Gasteiger partial charge in [0.25, 0.3) is 0 Å². The van der Waals surface area contributed by atoms with Crippen LogP contribution in [0.5, 0.6) is 0 Å². The second-order valence-corrected chi connectivity index (χ2v) is 6.08. The lowest BCUT2D eigenvalue weighted by atomic mass is 10.0. The molecule has 0 saturated carbocycles. The fraction of sp³-hybridized carbons (Fsp3) is 0.167. The standard InChI is InChI=1S/C18H15ClN4O/c1-10(18(21)24)8-15-22-14-7-6-13(16(19)17(14)23-15)12-4-2-11(9-20)3-5-12/h2-7,10H,8H2,1H3,(H2,21,24)(H,22,23). The molecule has 2 aromatic carbocycles. The number of benzene rings is 2. The van der Waals surface area contributed by atoms with Crippen molar-refractivity contribution in [3.05, 3.63) is 52.8 Å². The Morgan fingerprint density at radius 2 is 2.04 bits per heavy atom. The van der Waals surface area contributed by atoms with Gasteiger partial charge in [-0.1, -0.05) is 36.7 Å². The van der Waals surface area contributed by atoms with Crippen LogP contribution in [-0.2, 0) is 11.2 Å². The highest BCUT2D eigenvalue weighted by Gasteiger charge is 2.15. The number of carbonyl (C=O) groups excluding carboxylic acids is 1. The van der Waals surface area contributed by atoms with Crippen LogP contribution in [0.3, 0.4) is 0 Å². The van der Waals surface area contributed by atoms with Gasteiger partial charge in [0, 0.05) is 17.9 Å². The van der Waals surface area contributed by atoms with Gasteiger partial charge in [-0.15, -0.1) is 0 Å². The number of nitrogens with two attached hydrogens (primary N) is 1. The summed E-state index contributed by atoms with van der Waals surface area (Å²) in [7, 11) is 0. The summed E-state index contributed by atoms with van der Waals surface area (Å²) in [6, 6.07) is 13.1. The number of imidazole rings is 1. The van der Waals surface area contributed by atoms with Crippen LogP contribution < -0.4 is 5.73 Å². The number of hydrogen-bond donors (Lipinski definition) is 2. The quantitative estimate of drug-likeness (QED) is 0.762. The number of halogens is 1. The molecule has 120 valence electrons. The predicted molar refractivity (Wildman–Crippen MR) is 93.3 cm³/mol. The number of nitrogens with zero attached hydrogens (tertiary/aromatic N) is 2. The summed E-state index contributed by atoms with van der Waals surface area (Å²) >= 11 is 6.52. The third kappa shape index (κ3) is 2.97. The summed E-state index contributed by atoms with van der Waals surface area (Å²) in [5.41, 5.74) is 9.12. The number of nitriles is 1. The molecule has 0 aliphatic rings. The van der Waals surface area contributed by atoms with Crippen LogP contribution in [0, 0.1) is 17.2 Å². The van der Waals surface area contributed by atoms with E-state index in [0.29, 0.717) is 28.3 Å². The first-order valence-electron chi connectivity index (χ1n) is 7.46. The van der Waals surface area contributed by atoms with E-state index in [1.165, 1.54) is 0 Å². The topological polar surface area (TPSA) is 95.6 Å². The lowest BCUT2D eigenvalue weighted by Crippen LogP contribution is -2.22. The van der Waals surface area contributed by atoms with Gasteiger partial charge in [-0.25, -0.2) is 4.98 Å². The molecule has 24 heavy (non-hydrogen) atoms. The number of H-pyrrole nitrogens is 1. The van der Waals surface area contributed by atoms with Gasteiger partial charge in [0.05, 0.1) is 22.2 Å². The molecule has 3 aromatic rings. The second kappa shape index (κ2) is 6.34. The van der Waals surface area contributed by atoms with Crippen LogP contribution in [0.1, 0.15) is 18.3 Å². The molecule has 1 aromatic heterocycles. The average Bonchev–Trinajstić information content (AvgIpc) is 2.99. The maximum absolute atomic E-state index is 11.2. The van der Waals surface area contributed by atoms with Crippen LogP contribution in [0.4, 0.5) is 0 Å². The molecule has 0 bridgehead atoms. The minimum Gasteiger partial charge on any atom is -0.369 e. The first kappa shape index (κ1) is 16.0. The molecule has 0 fully saturated rings. The third-order valence-electron chi connectivity index (χ3n) is 3.95. The molecule has 1 atom stereocenters. The first-order valence-corrected chi connectivity index (χ1v) is 7.84. The van der Waals surface area contributed by atoms with Crippen molar-refractivity contribution in [2.45, 2.75) is 13.3 Å². The SMILES string of the molecule is CC(Cc1nc2c(Cl)c(-c3ccc(C#N)cc3)ccc2[nH]1)C(N)=O. The Hall–Kier alpha value is -2.84. The summed E-state index contributed by atoms with van der Waals surface area (Å²) < 4.78 is 0. The second-order valence-electron chi connectivity index (χ2n) is 5.70. The maximum atomic E-state index is 11.2. The van der Waals surface area contributed by atoms with Crippen molar-refractivity contribution in [3.8, 4) is 17.2 Å². The third-order valence-corrected chi connectivity index (χ3v) is 4.33. The monoisotopic (exact) mass is 338 g/mol. The summed E-state index contributed by atoms with van der Waals surface area (Å²) in [6.07, 6.45) is 0.437. The van der Waals surface area contributed by atoms with Crippen molar-refractivity contribution in [2.75, 3.05) is 0 Å².